The van der Waals surface area contributed by atoms with Crippen molar-refractivity contribution in [2.24, 2.45) is 11.7 Å². The third-order valence-corrected chi connectivity index (χ3v) is 2.25. The summed E-state index contributed by atoms with van der Waals surface area (Å²) in [6.45, 7) is 7.88. The number of likely N-dealkylation sites (N-methyl/N-ethyl adjacent to an activating group) is 1. The van der Waals surface area contributed by atoms with E-state index in [1.807, 2.05) is 6.08 Å². The van der Waals surface area contributed by atoms with Crippen molar-refractivity contribution in [2.45, 2.75) is 12.5 Å². The van der Waals surface area contributed by atoms with Gasteiger partial charge in [-0.1, -0.05) is 6.08 Å². The minimum atomic E-state index is -0.0590. The molecular weight excluding hydrogens is 124 g/mol. The van der Waals surface area contributed by atoms with Gasteiger partial charge < -0.3 is 10.6 Å². The predicted octanol–water partition coefficient (Wildman–Crippen LogP) is 0.451. The monoisotopic (exact) mass is 140 g/mol. The van der Waals surface area contributed by atoms with E-state index in [1.165, 1.54) is 0 Å². The highest BCUT2D eigenvalue weighted by atomic mass is 15.2. The Hall–Kier alpha value is -0.340. The summed E-state index contributed by atoms with van der Waals surface area (Å²) in [7, 11) is 2.09. The molecule has 10 heavy (non-hydrogen) atoms. The summed E-state index contributed by atoms with van der Waals surface area (Å²) in [5.74, 6) is 0.456. The Morgan fingerprint density at radius 3 is 2.60 bits per heavy atom. The third-order valence-electron chi connectivity index (χ3n) is 2.25. The van der Waals surface area contributed by atoms with Crippen LogP contribution in [-0.4, -0.2) is 30.6 Å². The molecule has 2 nitrogen and oxygen atoms in total. The molecule has 2 atom stereocenters. The second kappa shape index (κ2) is 2.36. The van der Waals surface area contributed by atoms with E-state index >= 15 is 0 Å². The minimum Gasteiger partial charge on any atom is -0.324 e. The molecule has 1 aliphatic rings. The third kappa shape index (κ3) is 1.22. The number of hydrogen-bond donors (Lipinski definition) is 1. The molecule has 2 N–H and O–H groups in total. The highest BCUT2D eigenvalue weighted by molar-refractivity contribution is 5.04. The molecular formula is C8H16N2. The van der Waals surface area contributed by atoms with Gasteiger partial charge in [0.1, 0.15) is 0 Å². The Labute approximate surface area is 62.7 Å². The first-order valence-electron chi connectivity index (χ1n) is 3.66. The largest absolute Gasteiger partial charge is 0.324 e. The van der Waals surface area contributed by atoms with Crippen LogP contribution >= 0.6 is 0 Å². The summed E-state index contributed by atoms with van der Waals surface area (Å²) in [6, 6.07) is 0. The van der Waals surface area contributed by atoms with Crippen molar-refractivity contribution in [3.63, 3.8) is 0 Å². The van der Waals surface area contributed by atoms with Gasteiger partial charge in [-0.2, -0.15) is 0 Å². The molecule has 0 radical (unpaired) electrons. The number of nitrogens with two attached hydrogens (primary N) is 1. The van der Waals surface area contributed by atoms with Crippen LogP contribution < -0.4 is 5.73 Å². The van der Waals surface area contributed by atoms with Crippen molar-refractivity contribution >= 4 is 0 Å². The van der Waals surface area contributed by atoms with Crippen molar-refractivity contribution in [3.05, 3.63) is 12.7 Å². The zero-order valence-electron chi connectivity index (χ0n) is 6.80. The van der Waals surface area contributed by atoms with Gasteiger partial charge in [-0.05, 0) is 14.0 Å². The smallest absolute Gasteiger partial charge is 0.0330 e. The number of likely N-dealkylation sites (tertiary alicyclic amines) is 1. The molecule has 58 valence electrons. The van der Waals surface area contributed by atoms with E-state index in [4.69, 9.17) is 5.73 Å². The minimum absolute atomic E-state index is 0.0590. The van der Waals surface area contributed by atoms with Crippen molar-refractivity contribution in [2.75, 3.05) is 20.1 Å². The molecule has 2 heteroatoms. The van der Waals surface area contributed by atoms with Gasteiger partial charge in [0.2, 0.25) is 0 Å². The number of nitrogens with zero attached hydrogens (tertiary/aromatic N) is 1. The lowest BCUT2D eigenvalue weighted by atomic mass is 9.91. The van der Waals surface area contributed by atoms with Gasteiger partial charge >= 0.3 is 0 Å². The van der Waals surface area contributed by atoms with Crippen molar-refractivity contribution in [3.8, 4) is 0 Å². The van der Waals surface area contributed by atoms with Gasteiger partial charge in [0.05, 0.1) is 0 Å². The zero-order valence-corrected chi connectivity index (χ0v) is 6.80. The molecule has 0 aliphatic carbocycles. The molecule has 0 bridgehead atoms. The Kier molecular flexibility index (Phi) is 1.84. The molecule has 0 unspecified atom stereocenters. The summed E-state index contributed by atoms with van der Waals surface area (Å²) in [5, 5.41) is 0. The summed E-state index contributed by atoms with van der Waals surface area (Å²) >= 11 is 0. The fraction of sp³-hybridized carbons (Fsp3) is 0.750. The van der Waals surface area contributed by atoms with Gasteiger partial charge in [-0.3, -0.25) is 0 Å². The van der Waals surface area contributed by atoms with E-state index < -0.39 is 0 Å². The average molecular weight is 140 g/mol. The fourth-order valence-corrected chi connectivity index (χ4v) is 1.65. The summed E-state index contributed by atoms with van der Waals surface area (Å²) in [6.07, 6.45) is 1.96. The maximum absolute atomic E-state index is 6.01. The van der Waals surface area contributed by atoms with Crippen LogP contribution in [0.3, 0.4) is 0 Å². The van der Waals surface area contributed by atoms with Crippen LogP contribution in [0.1, 0.15) is 6.92 Å². The second-order valence-corrected chi connectivity index (χ2v) is 3.54. The molecule has 1 heterocycles. The topological polar surface area (TPSA) is 29.3 Å². The van der Waals surface area contributed by atoms with Crippen LogP contribution in [0.2, 0.25) is 0 Å². The molecule has 1 aliphatic heterocycles. The van der Waals surface area contributed by atoms with Crippen LogP contribution in [0.15, 0.2) is 12.7 Å². The van der Waals surface area contributed by atoms with Crippen LogP contribution in [0, 0.1) is 5.92 Å². The summed E-state index contributed by atoms with van der Waals surface area (Å²) in [4.78, 5) is 2.24. The Balaban J connectivity index is 2.67. The van der Waals surface area contributed by atoms with Crippen molar-refractivity contribution < 1.29 is 0 Å². The van der Waals surface area contributed by atoms with Gasteiger partial charge in [0, 0.05) is 24.5 Å². The normalized spacial score (nSPS) is 42.1. The Bertz CT molecular complexity index is 140. The molecule has 0 saturated carbocycles. The average Bonchev–Trinajstić information content (AvgIpc) is 2.04. The van der Waals surface area contributed by atoms with Gasteiger partial charge in [0.15, 0.2) is 0 Å². The van der Waals surface area contributed by atoms with Gasteiger partial charge in [0.25, 0.3) is 0 Å². The van der Waals surface area contributed by atoms with Crippen LogP contribution in [0.5, 0.6) is 0 Å². The Morgan fingerprint density at radius 1 is 1.80 bits per heavy atom. The second-order valence-electron chi connectivity index (χ2n) is 3.54. The van der Waals surface area contributed by atoms with Crippen molar-refractivity contribution in [1.82, 2.24) is 4.90 Å². The van der Waals surface area contributed by atoms with Crippen LogP contribution in [0.25, 0.3) is 0 Å². The first-order chi connectivity index (χ1) is 4.56. The first kappa shape index (κ1) is 7.76. The first-order valence-corrected chi connectivity index (χ1v) is 3.66. The van der Waals surface area contributed by atoms with E-state index in [-0.39, 0.29) is 5.54 Å². The van der Waals surface area contributed by atoms with E-state index in [9.17, 15) is 0 Å². The van der Waals surface area contributed by atoms with Gasteiger partial charge in [-0.25, -0.2) is 0 Å². The maximum Gasteiger partial charge on any atom is 0.0330 e. The molecule has 0 aromatic carbocycles. The van der Waals surface area contributed by atoms with E-state index in [2.05, 4.69) is 25.5 Å². The maximum atomic E-state index is 6.01. The van der Waals surface area contributed by atoms with Crippen molar-refractivity contribution in [1.29, 1.82) is 0 Å². The summed E-state index contributed by atoms with van der Waals surface area (Å²) in [5.41, 5.74) is 5.95. The molecule has 0 spiro atoms. The predicted molar refractivity (Wildman–Crippen MR) is 43.8 cm³/mol. The standard InChI is InChI=1S/C8H16N2/c1-4-7-5-10(3)6-8(7,2)9/h4,7H,1,5-6,9H2,2-3H3/t7-,8-/m1/s1. The van der Waals surface area contributed by atoms with Crippen LogP contribution in [-0.2, 0) is 0 Å². The molecule has 1 rings (SSSR count). The Morgan fingerprint density at radius 2 is 2.40 bits per heavy atom. The number of rotatable bonds is 1. The van der Waals surface area contributed by atoms with Gasteiger partial charge in [-0.15, -0.1) is 6.58 Å². The van der Waals surface area contributed by atoms with Crippen LogP contribution in [0.4, 0.5) is 0 Å². The molecule has 0 aromatic rings. The van der Waals surface area contributed by atoms with E-state index in [0.29, 0.717) is 5.92 Å². The SMILES string of the molecule is C=C[C@@H]1CN(C)C[C@@]1(C)N. The number of hydrogen-bond acceptors (Lipinski definition) is 2. The fourth-order valence-electron chi connectivity index (χ4n) is 1.65. The lowest BCUT2D eigenvalue weighted by Gasteiger charge is -2.22. The quantitative estimate of drug-likeness (QED) is 0.536. The molecule has 1 saturated heterocycles. The highest BCUT2D eigenvalue weighted by Crippen LogP contribution is 2.24. The zero-order chi connectivity index (χ0) is 7.78. The molecule has 0 amide bonds. The molecule has 1 fully saturated rings. The summed E-state index contributed by atoms with van der Waals surface area (Å²) < 4.78 is 0. The molecule has 0 aromatic heterocycles. The lowest BCUT2D eigenvalue weighted by Crippen LogP contribution is -2.43. The highest BCUT2D eigenvalue weighted by Gasteiger charge is 2.35. The van der Waals surface area contributed by atoms with E-state index in [0.717, 1.165) is 13.1 Å². The van der Waals surface area contributed by atoms with E-state index in [1.54, 1.807) is 0 Å². The lowest BCUT2D eigenvalue weighted by molar-refractivity contribution is 0.380.